The molecule has 2 aromatic carbocycles. The lowest BCUT2D eigenvalue weighted by Gasteiger charge is -2.12. The highest BCUT2D eigenvalue weighted by molar-refractivity contribution is 7.90. The summed E-state index contributed by atoms with van der Waals surface area (Å²) < 4.78 is 33.8. The Morgan fingerprint density at radius 2 is 1.86 bits per heavy atom. The number of aryl methyl sites for hydroxylation is 1. The van der Waals surface area contributed by atoms with Crippen LogP contribution in [0.3, 0.4) is 0 Å². The molecule has 1 heterocycles. The molecule has 0 saturated heterocycles. The first-order chi connectivity index (χ1) is 13.3. The van der Waals surface area contributed by atoms with E-state index < -0.39 is 15.9 Å². The number of carbonyl (C=O) groups is 1. The molecule has 0 bridgehead atoms. The van der Waals surface area contributed by atoms with Gasteiger partial charge < -0.3 is 4.74 Å². The second-order valence-electron chi connectivity index (χ2n) is 6.02. The van der Waals surface area contributed by atoms with Gasteiger partial charge in [0.1, 0.15) is 11.4 Å². The van der Waals surface area contributed by atoms with Crippen LogP contribution >= 0.6 is 11.6 Å². The van der Waals surface area contributed by atoms with Crippen LogP contribution in [0.25, 0.3) is 5.69 Å². The maximum atomic E-state index is 12.4. The van der Waals surface area contributed by atoms with Gasteiger partial charge in [-0.15, -0.1) is 0 Å². The first-order valence-corrected chi connectivity index (χ1v) is 10.2. The van der Waals surface area contributed by atoms with Gasteiger partial charge in [-0.05, 0) is 49.4 Å². The van der Waals surface area contributed by atoms with Crippen LogP contribution in [0.1, 0.15) is 11.4 Å². The molecule has 0 unspecified atom stereocenters. The molecular weight excluding hydrogens is 402 g/mol. The van der Waals surface area contributed by atoms with Gasteiger partial charge in [0.15, 0.2) is 0 Å². The fourth-order valence-corrected chi connectivity index (χ4v) is 3.83. The van der Waals surface area contributed by atoms with Crippen molar-refractivity contribution in [3.8, 4) is 11.4 Å². The fraction of sp³-hybridized carbons (Fsp3) is 0.158. The lowest BCUT2D eigenvalue weighted by molar-refractivity contribution is -0.118. The van der Waals surface area contributed by atoms with E-state index in [1.165, 1.54) is 24.3 Å². The number of halogens is 1. The molecule has 1 amide bonds. The smallest absolute Gasteiger partial charge is 0.264 e. The number of nitrogens with one attached hydrogen (secondary N) is 1. The number of nitrogens with zero attached hydrogens (tertiary/aromatic N) is 2. The molecule has 0 spiro atoms. The molecule has 0 aliphatic rings. The Morgan fingerprint density at radius 1 is 1.18 bits per heavy atom. The minimum absolute atomic E-state index is 0.0420. The second-order valence-corrected chi connectivity index (χ2v) is 8.14. The van der Waals surface area contributed by atoms with Crippen molar-refractivity contribution in [1.29, 1.82) is 0 Å². The Hall–Kier alpha value is -2.84. The van der Waals surface area contributed by atoms with Crippen LogP contribution in [-0.4, -0.2) is 31.2 Å². The maximum Gasteiger partial charge on any atom is 0.264 e. The summed E-state index contributed by atoms with van der Waals surface area (Å²) in [6, 6.07) is 14.5. The first-order valence-electron chi connectivity index (χ1n) is 8.30. The lowest BCUT2D eigenvalue weighted by Crippen LogP contribution is -2.32. The van der Waals surface area contributed by atoms with Crippen LogP contribution in [0.2, 0.25) is 5.02 Å². The van der Waals surface area contributed by atoms with E-state index in [0.717, 1.165) is 0 Å². The largest absolute Gasteiger partial charge is 0.494 e. The summed E-state index contributed by atoms with van der Waals surface area (Å²) >= 11 is 5.78. The Balaban J connectivity index is 1.84. The topological polar surface area (TPSA) is 90.3 Å². The monoisotopic (exact) mass is 419 g/mol. The Bertz CT molecular complexity index is 1110. The highest BCUT2D eigenvalue weighted by Crippen LogP contribution is 2.24. The number of hydrogen-bond donors (Lipinski definition) is 1. The van der Waals surface area contributed by atoms with Crippen molar-refractivity contribution >= 4 is 27.5 Å². The third-order valence-corrected chi connectivity index (χ3v) is 5.57. The van der Waals surface area contributed by atoms with Crippen molar-refractivity contribution in [2.45, 2.75) is 18.2 Å². The average Bonchev–Trinajstić information content (AvgIpc) is 3.01. The molecule has 9 heteroatoms. The van der Waals surface area contributed by atoms with Crippen molar-refractivity contribution in [2.75, 3.05) is 7.11 Å². The van der Waals surface area contributed by atoms with Crippen LogP contribution in [0, 0.1) is 6.92 Å². The lowest BCUT2D eigenvalue weighted by atomic mass is 10.2. The fourth-order valence-electron chi connectivity index (χ4n) is 2.72. The Kier molecular flexibility index (Phi) is 5.71. The van der Waals surface area contributed by atoms with Gasteiger partial charge >= 0.3 is 0 Å². The molecule has 7 nitrogen and oxygen atoms in total. The third kappa shape index (κ3) is 4.35. The second kappa shape index (κ2) is 8.04. The van der Waals surface area contributed by atoms with Crippen molar-refractivity contribution in [3.63, 3.8) is 0 Å². The minimum Gasteiger partial charge on any atom is -0.494 e. The molecule has 0 radical (unpaired) electrons. The first kappa shape index (κ1) is 19.9. The zero-order valence-electron chi connectivity index (χ0n) is 15.2. The summed E-state index contributed by atoms with van der Waals surface area (Å²) in [5.41, 5.74) is 1.88. The predicted octanol–water partition coefficient (Wildman–Crippen LogP) is 2.89. The van der Waals surface area contributed by atoms with E-state index in [1.807, 2.05) is 12.1 Å². The predicted molar refractivity (Wildman–Crippen MR) is 105 cm³/mol. The van der Waals surface area contributed by atoms with E-state index in [-0.39, 0.29) is 11.3 Å². The number of methoxy groups -OCH3 is 1. The molecule has 3 rings (SSSR count). The summed E-state index contributed by atoms with van der Waals surface area (Å²) in [6.07, 6.45) is -0.175. The average molecular weight is 420 g/mol. The molecule has 0 saturated carbocycles. The van der Waals surface area contributed by atoms with E-state index >= 15 is 0 Å². The van der Waals surface area contributed by atoms with Gasteiger partial charge in [0.25, 0.3) is 10.0 Å². The number of sulfonamides is 1. The van der Waals surface area contributed by atoms with Crippen molar-refractivity contribution in [2.24, 2.45) is 0 Å². The quantitative estimate of drug-likeness (QED) is 0.663. The Labute approximate surface area is 168 Å². The zero-order chi connectivity index (χ0) is 20.3. The van der Waals surface area contributed by atoms with E-state index in [1.54, 1.807) is 36.9 Å². The van der Waals surface area contributed by atoms with E-state index in [9.17, 15) is 13.2 Å². The van der Waals surface area contributed by atoms with Gasteiger partial charge in [-0.1, -0.05) is 23.7 Å². The van der Waals surface area contributed by atoms with Gasteiger partial charge in [-0.3, -0.25) is 4.79 Å². The molecular formula is C19H18ClN3O4S. The van der Waals surface area contributed by atoms with Crippen LogP contribution in [0.4, 0.5) is 0 Å². The molecule has 0 aliphatic heterocycles. The van der Waals surface area contributed by atoms with Gasteiger partial charge in [0, 0.05) is 5.02 Å². The molecule has 0 fully saturated rings. The summed E-state index contributed by atoms with van der Waals surface area (Å²) in [4.78, 5) is 12.4. The van der Waals surface area contributed by atoms with Gasteiger partial charge in [0.2, 0.25) is 5.91 Å². The van der Waals surface area contributed by atoms with Crippen LogP contribution < -0.4 is 9.46 Å². The number of carbonyl (C=O) groups excluding carboxylic acids is 1. The molecule has 28 heavy (non-hydrogen) atoms. The molecule has 0 atom stereocenters. The van der Waals surface area contributed by atoms with Gasteiger partial charge in [0.05, 0.1) is 29.8 Å². The number of amides is 1. The van der Waals surface area contributed by atoms with E-state index in [2.05, 4.69) is 9.82 Å². The molecule has 0 aliphatic carbocycles. The number of hydrogen-bond acceptors (Lipinski definition) is 5. The van der Waals surface area contributed by atoms with Crippen molar-refractivity contribution in [1.82, 2.24) is 14.5 Å². The number of aromatic nitrogens is 2. The highest BCUT2D eigenvalue weighted by atomic mass is 35.5. The van der Waals surface area contributed by atoms with Crippen LogP contribution in [-0.2, 0) is 21.2 Å². The normalized spacial score (nSPS) is 11.2. The van der Waals surface area contributed by atoms with Crippen LogP contribution in [0.15, 0.2) is 59.5 Å². The molecule has 1 aromatic heterocycles. The van der Waals surface area contributed by atoms with Gasteiger partial charge in [-0.2, -0.15) is 5.10 Å². The molecule has 3 aromatic rings. The van der Waals surface area contributed by atoms with Crippen molar-refractivity contribution in [3.05, 3.63) is 71.0 Å². The SMILES string of the molecule is COc1ccccc1-n1nc(C)cc1CC(=O)NS(=O)(=O)c1ccc(Cl)cc1. The van der Waals surface area contributed by atoms with Gasteiger partial charge in [-0.25, -0.2) is 17.8 Å². The number of para-hydroxylation sites is 2. The number of ether oxygens (including phenoxy) is 1. The van der Waals surface area contributed by atoms with Crippen LogP contribution in [0.5, 0.6) is 5.75 Å². The Morgan fingerprint density at radius 3 is 2.54 bits per heavy atom. The summed E-state index contributed by atoms with van der Waals surface area (Å²) in [7, 11) is -2.45. The van der Waals surface area contributed by atoms with Crippen molar-refractivity contribution < 1.29 is 17.9 Å². The minimum atomic E-state index is -3.99. The zero-order valence-corrected chi connectivity index (χ0v) is 16.8. The highest BCUT2D eigenvalue weighted by Gasteiger charge is 2.20. The summed E-state index contributed by atoms with van der Waals surface area (Å²) in [5.74, 6) is -0.0907. The standard InChI is InChI=1S/C19H18ClN3O4S/c1-13-11-15(23(21-13)17-5-3-4-6-18(17)27-2)12-19(24)22-28(25,26)16-9-7-14(20)8-10-16/h3-11H,12H2,1-2H3,(H,22,24). The third-order valence-electron chi connectivity index (χ3n) is 3.93. The number of rotatable bonds is 6. The van der Waals surface area contributed by atoms with E-state index in [0.29, 0.717) is 27.8 Å². The van der Waals surface area contributed by atoms with E-state index in [4.69, 9.17) is 16.3 Å². The molecule has 146 valence electrons. The molecule has 1 N–H and O–H groups in total. The summed E-state index contributed by atoms with van der Waals surface area (Å²) in [5, 5.41) is 4.80. The number of benzene rings is 2. The summed E-state index contributed by atoms with van der Waals surface area (Å²) in [6.45, 7) is 1.79. The maximum absolute atomic E-state index is 12.4.